The number of hydrogen-bond acceptors (Lipinski definition) is 5. The number of amides is 1. The SMILES string of the molecule is Cc1cnc(C(=O)Nc2cnccc2Oc2ccccc2)cn1. The van der Waals surface area contributed by atoms with Crippen LogP contribution >= 0.6 is 0 Å². The molecule has 0 aliphatic carbocycles. The zero-order valence-corrected chi connectivity index (χ0v) is 12.4. The van der Waals surface area contributed by atoms with E-state index in [0.717, 1.165) is 5.69 Å². The lowest BCUT2D eigenvalue weighted by Crippen LogP contribution is -2.14. The second kappa shape index (κ2) is 6.65. The third-order valence-corrected chi connectivity index (χ3v) is 3.01. The van der Waals surface area contributed by atoms with E-state index in [1.165, 1.54) is 12.4 Å². The van der Waals surface area contributed by atoms with Crippen LogP contribution in [0.4, 0.5) is 5.69 Å². The maximum absolute atomic E-state index is 12.2. The van der Waals surface area contributed by atoms with Crippen molar-refractivity contribution in [3.8, 4) is 11.5 Å². The first-order chi connectivity index (χ1) is 11.2. The fourth-order valence-corrected chi connectivity index (χ4v) is 1.88. The molecule has 0 unspecified atom stereocenters. The van der Waals surface area contributed by atoms with Gasteiger partial charge in [0.15, 0.2) is 5.75 Å². The number of nitrogens with one attached hydrogen (secondary N) is 1. The molecule has 0 bridgehead atoms. The maximum Gasteiger partial charge on any atom is 0.276 e. The van der Waals surface area contributed by atoms with Crippen molar-refractivity contribution in [2.24, 2.45) is 0 Å². The van der Waals surface area contributed by atoms with Crippen LogP contribution in [0.15, 0.2) is 61.2 Å². The Balaban J connectivity index is 1.80. The van der Waals surface area contributed by atoms with Gasteiger partial charge >= 0.3 is 0 Å². The van der Waals surface area contributed by atoms with Crippen LogP contribution in [-0.2, 0) is 0 Å². The van der Waals surface area contributed by atoms with E-state index >= 15 is 0 Å². The van der Waals surface area contributed by atoms with Crippen LogP contribution in [0, 0.1) is 6.92 Å². The molecular formula is C17H14N4O2. The summed E-state index contributed by atoms with van der Waals surface area (Å²) in [6.07, 6.45) is 6.09. The fraction of sp³-hybridized carbons (Fsp3) is 0.0588. The molecule has 0 saturated carbocycles. The Kier molecular flexibility index (Phi) is 4.24. The minimum atomic E-state index is -0.372. The molecule has 6 nitrogen and oxygen atoms in total. The lowest BCUT2D eigenvalue weighted by Gasteiger charge is -2.11. The van der Waals surface area contributed by atoms with Crippen molar-refractivity contribution in [1.29, 1.82) is 0 Å². The lowest BCUT2D eigenvalue weighted by atomic mass is 10.3. The van der Waals surface area contributed by atoms with Crippen LogP contribution in [0.3, 0.4) is 0 Å². The van der Waals surface area contributed by atoms with E-state index in [-0.39, 0.29) is 11.6 Å². The number of nitrogens with zero attached hydrogens (tertiary/aromatic N) is 3. The third-order valence-electron chi connectivity index (χ3n) is 3.01. The van der Waals surface area contributed by atoms with Crippen LogP contribution < -0.4 is 10.1 Å². The highest BCUT2D eigenvalue weighted by atomic mass is 16.5. The third kappa shape index (κ3) is 3.68. The number of pyridine rings is 1. The molecule has 114 valence electrons. The predicted octanol–water partition coefficient (Wildman–Crippen LogP) is 3.22. The Morgan fingerprint density at radius 3 is 2.61 bits per heavy atom. The quantitative estimate of drug-likeness (QED) is 0.800. The van der Waals surface area contributed by atoms with E-state index < -0.39 is 0 Å². The molecule has 23 heavy (non-hydrogen) atoms. The monoisotopic (exact) mass is 306 g/mol. The number of ether oxygens (including phenoxy) is 1. The van der Waals surface area contributed by atoms with E-state index in [4.69, 9.17) is 4.74 Å². The number of aryl methyl sites for hydroxylation is 1. The molecule has 1 N–H and O–H groups in total. The summed E-state index contributed by atoms with van der Waals surface area (Å²) in [5.74, 6) is 0.798. The Morgan fingerprint density at radius 2 is 1.87 bits per heavy atom. The van der Waals surface area contributed by atoms with Gasteiger partial charge in [-0.1, -0.05) is 18.2 Å². The Hall–Kier alpha value is -3.28. The van der Waals surface area contributed by atoms with Crippen LogP contribution in [0.25, 0.3) is 0 Å². The Labute approximate surface area is 133 Å². The second-order valence-electron chi connectivity index (χ2n) is 4.78. The minimum absolute atomic E-state index is 0.227. The number of hydrogen-bond donors (Lipinski definition) is 1. The van der Waals surface area contributed by atoms with Gasteiger partial charge in [-0.2, -0.15) is 0 Å². The van der Waals surface area contributed by atoms with E-state index in [2.05, 4.69) is 20.3 Å². The van der Waals surface area contributed by atoms with E-state index in [1.54, 1.807) is 18.5 Å². The highest BCUT2D eigenvalue weighted by Crippen LogP contribution is 2.28. The van der Waals surface area contributed by atoms with Crippen LogP contribution in [0.1, 0.15) is 16.2 Å². The number of rotatable bonds is 4. The zero-order valence-electron chi connectivity index (χ0n) is 12.4. The standard InChI is InChI=1S/C17H14N4O2/c1-12-9-20-15(11-19-12)17(22)21-14-10-18-8-7-16(14)23-13-5-3-2-4-6-13/h2-11H,1H3,(H,21,22). The average Bonchev–Trinajstić information content (AvgIpc) is 2.58. The van der Waals surface area contributed by atoms with Gasteiger partial charge in [-0.15, -0.1) is 0 Å². The Bertz CT molecular complexity index is 804. The van der Waals surface area contributed by atoms with Gasteiger partial charge in [0.25, 0.3) is 5.91 Å². The van der Waals surface area contributed by atoms with Crippen LogP contribution in [0.5, 0.6) is 11.5 Å². The van der Waals surface area contributed by atoms with Gasteiger partial charge in [0.05, 0.1) is 18.1 Å². The zero-order chi connectivity index (χ0) is 16.1. The van der Waals surface area contributed by atoms with Gasteiger partial charge in [-0.25, -0.2) is 4.98 Å². The highest BCUT2D eigenvalue weighted by molar-refractivity contribution is 6.03. The van der Waals surface area contributed by atoms with Gasteiger partial charge in [-0.3, -0.25) is 14.8 Å². The number of aromatic nitrogens is 3. The summed E-state index contributed by atoms with van der Waals surface area (Å²) in [5.41, 5.74) is 1.44. The number of benzene rings is 1. The first-order valence-electron chi connectivity index (χ1n) is 6.99. The molecule has 0 spiro atoms. The van der Waals surface area contributed by atoms with Gasteiger partial charge in [0, 0.05) is 18.5 Å². The number of anilines is 1. The number of para-hydroxylation sites is 1. The molecule has 0 aliphatic heterocycles. The van der Waals surface area contributed by atoms with Crippen molar-refractivity contribution in [2.75, 3.05) is 5.32 Å². The Morgan fingerprint density at radius 1 is 1.04 bits per heavy atom. The van der Waals surface area contributed by atoms with Gasteiger partial charge < -0.3 is 10.1 Å². The first kappa shape index (κ1) is 14.6. The van der Waals surface area contributed by atoms with E-state index in [0.29, 0.717) is 17.2 Å². The second-order valence-corrected chi connectivity index (χ2v) is 4.78. The van der Waals surface area contributed by atoms with E-state index in [1.807, 2.05) is 37.3 Å². The van der Waals surface area contributed by atoms with Crippen molar-refractivity contribution in [1.82, 2.24) is 15.0 Å². The smallest absolute Gasteiger partial charge is 0.276 e. The van der Waals surface area contributed by atoms with Crippen LogP contribution in [0.2, 0.25) is 0 Å². The molecule has 1 aromatic carbocycles. The molecule has 3 aromatic rings. The van der Waals surface area contributed by atoms with Crippen molar-refractivity contribution in [3.05, 3.63) is 72.6 Å². The lowest BCUT2D eigenvalue weighted by molar-refractivity contribution is 0.102. The average molecular weight is 306 g/mol. The maximum atomic E-state index is 12.2. The summed E-state index contributed by atoms with van der Waals surface area (Å²) >= 11 is 0. The van der Waals surface area contributed by atoms with E-state index in [9.17, 15) is 4.79 Å². The fourth-order valence-electron chi connectivity index (χ4n) is 1.88. The molecular weight excluding hydrogens is 292 g/mol. The summed E-state index contributed by atoms with van der Waals surface area (Å²) in [7, 11) is 0. The molecule has 1 amide bonds. The molecule has 0 aliphatic rings. The highest BCUT2D eigenvalue weighted by Gasteiger charge is 2.12. The normalized spacial score (nSPS) is 10.1. The molecule has 3 rings (SSSR count). The molecule has 0 radical (unpaired) electrons. The summed E-state index contributed by atoms with van der Waals surface area (Å²) in [5, 5.41) is 2.74. The van der Waals surface area contributed by atoms with Crippen molar-refractivity contribution in [3.63, 3.8) is 0 Å². The molecule has 0 fully saturated rings. The molecule has 2 aromatic heterocycles. The summed E-state index contributed by atoms with van der Waals surface area (Å²) in [6.45, 7) is 1.81. The summed E-state index contributed by atoms with van der Waals surface area (Å²) < 4.78 is 5.77. The summed E-state index contributed by atoms with van der Waals surface area (Å²) in [6, 6.07) is 11.0. The molecule has 0 atom stereocenters. The number of carbonyl (C=O) groups excluding carboxylic acids is 1. The van der Waals surface area contributed by atoms with Crippen LogP contribution in [-0.4, -0.2) is 20.9 Å². The first-order valence-corrected chi connectivity index (χ1v) is 6.99. The van der Waals surface area contributed by atoms with Gasteiger partial charge in [0.1, 0.15) is 17.1 Å². The molecule has 6 heteroatoms. The summed E-state index contributed by atoms with van der Waals surface area (Å²) in [4.78, 5) is 24.4. The molecule has 0 saturated heterocycles. The van der Waals surface area contributed by atoms with Gasteiger partial charge in [-0.05, 0) is 19.1 Å². The number of carbonyl (C=O) groups is 1. The van der Waals surface area contributed by atoms with Crippen molar-refractivity contribution < 1.29 is 9.53 Å². The van der Waals surface area contributed by atoms with Gasteiger partial charge in [0.2, 0.25) is 0 Å². The van der Waals surface area contributed by atoms with Crippen molar-refractivity contribution >= 4 is 11.6 Å². The van der Waals surface area contributed by atoms with Crippen molar-refractivity contribution in [2.45, 2.75) is 6.92 Å². The largest absolute Gasteiger partial charge is 0.455 e. The predicted molar refractivity (Wildman–Crippen MR) is 85.5 cm³/mol. The molecule has 2 heterocycles. The topological polar surface area (TPSA) is 77.0 Å². The minimum Gasteiger partial charge on any atom is -0.455 e.